The lowest BCUT2D eigenvalue weighted by atomic mass is 9.35. The van der Waals surface area contributed by atoms with Gasteiger partial charge in [-0.15, -0.1) is 0 Å². The highest BCUT2D eigenvalue weighted by molar-refractivity contribution is 8.00. The molecule has 2 aliphatic rings. The third kappa shape index (κ3) is 2.29. The number of aromatic nitrogens is 3. The average Bonchev–Trinajstić information content (AvgIpc) is 3.51. The molecular weight excluding hydrogens is 457 g/mol. The van der Waals surface area contributed by atoms with Crippen LogP contribution in [-0.2, 0) is 0 Å². The summed E-state index contributed by atoms with van der Waals surface area (Å²) < 4.78 is 4.69. The molecule has 36 heavy (non-hydrogen) atoms. The van der Waals surface area contributed by atoms with Crippen molar-refractivity contribution in [3.05, 3.63) is 109 Å². The van der Waals surface area contributed by atoms with Crippen molar-refractivity contribution in [3.63, 3.8) is 0 Å². The lowest BCUT2D eigenvalue weighted by Gasteiger charge is -2.32. The molecule has 0 saturated carbocycles. The minimum absolute atomic E-state index is 0.215. The summed E-state index contributed by atoms with van der Waals surface area (Å²) >= 11 is 1.89. The Morgan fingerprint density at radius 3 is 2.28 bits per heavy atom. The van der Waals surface area contributed by atoms with E-state index in [0.29, 0.717) is 0 Å². The van der Waals surface area contributed by atoms with Gasteiger partial charge in [-0.3, -0.25) is 4.57 Å². The van der Waals surface area contributed by atoms with Crippen LogP contribution in [0.2, 0.25) is 0 Å². The zero-order valence-corrected chi connectivity index (χ0v) is 20.0. The van der Waals surface area contributed by atoms with Crippen molar-refractivity contribution in [2.45, 2.75) is 9.79 Å². The minimum atomic E-state index is 0.215. The van der Waals surface area contributed by atoms with Crippen LogP contribution in [0, 0.1) is 0 Å². The van der Waals surface area contributed by atoms with Crippen LogP contribution in [0.5, 0.6) is 0 Å². The van der Waals surface area contributed by atoms with E-state index in [0.717, 1.165) is 5.52 Å². The Balaban J connectivity index is 1.33. The summed E-state index contributed by atoms with van der Waals surface area (Å²) in [4.78, 5) is 7.38. The first-order valence-electron chi connectivity index (χ1n) is 12.3. The van der Waals surface area contributed by atoms with E-state index in [9.17, 15) is 0 Å². The molecule has 2 aromatic heterocycles. The first kappa shape index (κ1) is 19.0. The second-order valence-electron chi connectivity index (χ2n) is 9.65. The average molecular weight is 475 g/mol. The molecule has 0 unspecified atom stereocenters. The standard InChI is InChI=1S/C31H18BN3S/c1-3-11-25-20(7-1)21-8-2-4-12-26(21)35(25)19-15-16-22-29(17-19)36-28-14-6-13-27-30(28)32(22)23-9-5-10-24-31(23)34(27)18-33-24/h1-18H. The van der Waals surface area contributed by atoms with Gasteiger partial charge in [0.25, 0.3) is 0 Å². The van der Waals surface area contributed by atoms with Gasteiger partial charge in [0.05, 0.1) is 22.1 Å². The number of rotatable bonds is 1. The van der Waals surface area contributed by atoms with Crippen LogP contribution in [0.25, 0.3) is 44.2 Å². The second kappa shape index (κ2) is 6.71. The van der Waals surface area contributed by atoms with Gasteiger partial charge in [0.15, 0.2) is 0 Å². The molecule has 3 nitrogen and oxygen atoms in total. The Labute approximate surface area is 212 Å². The fraction of sp³-hybridized carbons (Fsp3) is 0. The van der Waals surface area contributed by atoms with E-state index in [2.05, 4.69) is 112 Å². The van der Waals surface area contributed by atoms with Crippen LogP contribution in [-0.4, -0.2) is 20.8 Å². The van der Waals surface area contributed by atoms with Gasteiger partial charge in [0, 0.05) is 31.9 Å². The van der Waals surface area contributed by atoms with Gasteiger partial charge in [-0.05, 0) is 53.4 Å². The van der Waals surface area contributed by atoms with Gasteiger partial charge in [-0.25, -0.2) is 4.98 Å². The SMILES string of the molecule is c1cc2c3c(c1)-n1cnc4cccc(c41)B3c1ccc(-n3c4ccccc4c4ccccc43)cc1S2. The largest absolute Gasteiger partial charge is 0.309 e. The highest BCUT2D eigenvalue weighted by Gasteiger charge is 2.38. The maximum atomic E-state index is 4.72. The normalized spacial score (nSPS) is 13.4. The van der Waals surface area contributed by atoms with Crippen molar-refractivity contribution in [2.24, 2.45) is 0 Å². The van der Waals surface area contributed by atoms with Crippen LogP contribution in [0.15, 0.2) is 119 Å². The molecule has 0 radical (unpaired) electrons. The lowest BCUT2D eigenvalue weighted by molar-refractivity contribution is 1.09. The third-order valence-electron chi connectivity index (χ3n) is 7.87. The molecule has 0 aliphatic carbocycles. The maximum absolute atomic E-state index is 4.72. The number of benzene rings is 5. The quantitative estimate of drug-likeness (QED) is 0.296. The molecule has 2 aliphatic heterocycles. The van der Waals surface area contributed by atoms with E-state index in [4.69, 9.17) is 4.98 Å². The molecule has 5 aromatic carbocycles. The fourth-order valence-corrected chi connectivity index (χ4v) is 7.62. The van der Waals surface area contributed by atoms with Crippen molar-refractivity contribution in [1.82, 2.24) is 14.1 Å². The van der Waals surface area contributed by atoms with Crippen LogP contribution in [0.1, 0.15) is 0 Å². The van der Waals surface area contributed by atoms with Crippen LogP contribution < -0.4 is 16.4 Å². The molecule has 0 saturated heterocycles. The second-order valence-corrected chi connectivity index (χ2v) is 10.7. The number of imidazole rings is 1. The molecule has 166 valence electrons. The predicted molar refractivity (Wildman–Crippen MR) is 151 cm³/mol. The van der Waals surface area contributed by atoms with Gasteiger partial charge in [-0.2, -0.15) is 0 Å². The summed E-state index contributed by atoms with van der Waals surface area (Å²) in [5.74, 6) is 0. The van der Waals surface area contributed by atoms with E-state index in [1.54, 1.807) is 0 Å². The van der Waals surface area contributed by atoms with Crippen molar-refractivity contribution >= 4 is 67.7 Å². The molecule has 7 aromatic rings. The monoisotopic (exact) mass is 475 g/mol. The van der Waals surface area contributed by atoms with E-state index >= 15 is 0 Å². The van der Waals surface area contributed by atoms with Crippen molar-refractivity contribution < 1.29 is 0 Å². The highest BCUT2D eigenvalue weighted by atomic mass is 32.2. The van der Waals surface area contributed by atoms with Crippen LogP contribution >= 0.6 is 11.8 Å². The molecule has 0 spiro atoms. The van der Waals surface area contributed by atoms with E-state index in [-0.39, 0.29) is 6.71 Å². The van der Waals surface area contributed by atoms with E-state index in [1.807, 2.05) is 18.1 Å². The molecule has 0 amide bonds. The number of hydrogen-bond acceptors (Lipinski definition) is 2. The van der Waals surface area contributed by atoms with Gasteiger partial charge in [0.1, 0.15) is 6.33 Å². The molecule has 9 rings (SSSR count). The summed E-state index contributed by atoms with van der Waals surface area (Å²) in [6, 6.07) is 37.7. The highest BCUT2D eigenvalue weighted by Crippen LogP contribution is 2.37. The Bertz CT molecular complexity index is 2000. The maximum Gasteiger partial charge on any atom is 0.249 e. The summed E-state index contributed by atoms with van der Waals surface area (Å²) in [6.45, 7) is 0.215. The lowest BCUT2D eigenvalue weighted by Crippen LogP contribution is -2.58. The summed E-state index contributed by atoms with van der Waals surface area (Å²) in [6.07, 6.45) is 1.98. The number of nitrogens with zero attached hydrogens (tertiary/aromatic N) is 3. The molecule has 0 N–H and O–H groups in total. The summed E-state index contributed by atoms with van der Waals surface area (Å²) in [5.41, 5.74) is 11.4. The predicted octanol–water partition coefficient (Wildman–Crippen LogP) is 5.42. The Morgan fingerprint density at radius 2 is 1.44 bits per heavy atom. The minimum Gasteiger partial charge on any atom is -0.309 e. The first-order valence-corrected chi connectivity index (χ1v) is 13.1. The van der Waals surface area contributed by atoms with Crippen LogP contribution in [0.3, 0.4) is 0 Å². The summed E-state index contributed by atoms with van der Waals surface area (Å²) in [7, 11) is 0. The molecule has 4 heterocycles. The zero-order chi connectivity index (χ0) is 23.4. The number of para-hydroxylation sites is 3. The van der Waals surface area contributed by atoms with Gasteiger partial charge in [0.2, 0.25) is 6.71 Å². The molecular formula is C31H18BN3S. The molecule has 0 fully saturated rings. The first-order chi connectivity index (χ1) is 17.9. The summed E-state index contributed by atoms with van der Waals surface area (Å²) in [5, 5.41) is 2.58. The van der Waals surface area contributed by atoms with Crippen molar-refractivity contribution in [2.75, 3.05) is 0 Å². The Kier molecular flexibility index (Phi) is 3.55. The smallest absolute Gasteiger partial charge is 0.249 e. The Hall–Kier alpha value is -4.22. The molecule has 5 heteroatoms. The van der Waals surface area contributed by atoms with Gasteiger partial charge < -0.3 is 4.57 Å². The number of hydrogen-bond donors (Lipinski definition) is 0. The van der Waals surface area contributed by atoms with E-state index < -0.39 is 0 Å². The third-order valence-corrected chi connectivity index (χ3v) is 9.02. The topological polar surface area (TPSA) is 22.8 Å². The van der Waals surface area contributed by atoms with Crippen molar-refractivity contribution in [3.8, 4) is 11.4 Å². The fourth-order valence-electron chi connectivity index (χ4n) is 6.42. The van der Waals surface area contributed by atoms with Gasteiger partial charge >= 0.3 is 0 Å². The molecule has 0 bridgehead atoms. The van der Waals surface area contributed by atoms with Crippen molar-refractivity contribution in [1.29, 1.82) is 0 Å². The number of fused-ring (bicyclic) bond motifs is 7. The zero-order valence-electron chi connectivity index (χ0n) is 19.2. The molecule has 0 atom stereocenters. The van der Waals surface area contributed by atoms with E-state index in [1.165, 1.54) is 64.9 Å². The Morgan fingerprint density at radius 1 is 0.667 bits per heavy atom. The van der Waals surface area contributed by atoms with Gasteiger partial charge in [-0.1, -0.05) is 77.9 Å². The van der Waals surface area contributed by atoms with Crippen LogP contribution in [0.4, 0.5) is 0 Å².